The first kappa shape index (κ1) is 19.9. The van der Waals surface area contributed by atoms with Crippen LogP contribution in [0.2, 0.25) is 0 Å². The molecule has 1 aromatic heterocycles. The number of aromatic amines is 1. The molecule has 3 aromatic rings. The first-order valence-electron chi connectivity index (χ1n) is 9.44. The summed E-state index contributed by atoms with van der Waals surface area (Å²) in [6, 6.07) is 10.7. The van der Waals surface area contributed by atoms with E-state index in [9.17, 15) is 14.4 Å². The number of halogens is 1. The molecule has 1 fully saturated rings. The summed E-state index contributed by atoms with van der Waals surface area (Å²) in [5.41, 5.74) is 9.41. The van der Waals surface area contributed by atoms with E-state index in [2.05, 4.69) is 15.6 Å². The predicted molar refractivity (Wildman–Crippen MR) is 116 cm³/mol. The van der Waals surface area contributed by atoms with Crippen molar-refractivity contribution in [3.63, 3.8) is 0 Å². The van der Waals surface area contributed by atoms with Crippen molar-refractivity contribution in [1.29, 1.82) is 0 Å². The Labute approximate surface area is 178 Å². The summed E-state index contributed by atoms with van der Waals surface area (Å²) in [5, 5.41) is 6.40. The van der Waals surface area contributed by atoms with E-state index in [1.165, 1.54) is 0 Å². The Morgan fingerprint density at radius 2 is 1.70 bits per heavy atom. The minimum atomic E-state index is -0.482. The van der Waals surface area contributed by atoms with Gasteiger partial charge in [-0.25, -0.2) is 0 Å². The lowest BCUT2D eigenvalue weighted by Crippen LogP contribution is -2.46. The molecule has 0 radical (unpaired) electrons. The highest BCUT2D eigenvalue weighted by atomic mass is 35.5. The maximum atomic E-state index is 12.8. The fraction of sp³-hybridized carbons (Fsp3) is 0.190. The fourth-order valence-corrected chi connectivity index (χ4v) is 4.01. The number of anilines is 1. The van der Waals surface area contributed by atoms with Crippen molar-refractivity contribution < 1.29 is 14.4 Å². The normalized spacial score (nSPS) is 15.7. The number of carbonyl (C=O) groups excluding carboxylic acids is 3. The molecule has 154 valence electrons. The van der Waals surface area contributed by atoms with Gasteiger partial charge in [-0.15, -0.1) is 12.4 Å². The molecule has 2 aliphatic rings. The van der Waals surface area contributed by atoms with Gasteiger partial charge < -0.3 is 20.9 Å². The number of piperazine rings is 1. The molecule has 2 aromatic carbocycles. The number of H-pyrrole nitrogens is 1. The Morgan fingerprint density at radius 3 is 2.47 bits per heavy atom. The Hall–Kier alpha value is -3.36. The van der Waals surface area contributed by atoms with E-state index in [0.29, 0.717) is 29.9 Å². The second-order valence-electron chi connectivity index (χ2n) is 7.26. The van der Waals surface area contributed by atoms with E-state index >= 15 is 0 Å². The SMILES string of the molecule is Cl.Nc1ccc(-c2cc3cc(C(=O)N4CCNCC4)ccc3[nH]2)c2c1C(=O)NC2=O. The van der Waals surface area contributed by atoms with Crippen molar-refractivity contribution in [2.45, 2.75) is 0 Å². The number of rotatable bonds is 2. The van der Waals surface area contributed by atoms with Crippen LogP contribution in [0.15, 0.2) is 36.4 Å². The maximum absolute atomic E-state index is 12.8. The van der Waals surface area contributed by atoms with E-state index in [-0.39, 0.29) is 35.1 Å². The summed E-state index contributed by atoms with van der Waals surface area (Å²) in [6.07, 6.45) is 0. The lowest BCUT2D eigenvalue weighted by Gasteiger charge is -2.27. The van der Waals surface area contributed by atoms with Crippen LogP contribution in [0.5, 0.6) is 0 Å². The van der Waals surface area contributed by atoms with Crippen LogP contribution in [0.3, 0.4) is 0 Å². The molecule has 9 heteroatoms. The number of carbonyl (C=O) groups is 3. The number of amides is 3. The zero-order chi connectivity index (χ0) is 20.1. The van der Waals surface area contributed by atoms with Gasteiger partial charge in [0.25, 0.3) is 17.7 Å². The standard InChI is InChI=1S/C21H19N5O3.ClH/c22-14-3-2-13(17-18(14)20(28)25-19(17)27)16-10-12-9-11(1-4-15(12)24-16)21(29)26-7-5-23-6-8-26;/h1-4,9-10,23-24H,5-8,22H2,(H,25,27,28);1H. The predicted octanol–water partition coefficient (Wildman–Crippen LogP) is 1.77. The Balaban J connectivity index is 0.00000218. The van der Waals surface area contributed by atoms with Gasteiger partial charge in [-0.1, -0.05) is 0 Å². The largest absolute Gasteiger partial charge is 0.398 e. The quantitative estimate of drug-likeness (QED) is 0.368. The molecule has 1 saturated heterocycles. The van der Waals surface area contributed by atoms with Gasteiger partial charge >= 0.3 is 0 Å². The molecule has 0 spiro atoms. The van der Waals surface area contributed by atoms with Gasteiger partial charge in [0.15, 0.2) is 0 Å². The molecule has 0 atom stereocenters. The van der Waals surface area contributed by atoms with Crippen LogP contribution in [-0.2, 0) is 0 Å². The van der Waals surface area contributed by atoms with E-state index in [1.54, 1.807) is 18.2 Å². The number of fused-ring (bicyclic) bond motifs is 2. The summed E-state index contributed by atoms with van der Waals surface area (Å²) >= 11 is 0. The number of imide groups is 1. The summed E-state index contributed by atoms with van der Waals surface area (Å²) in [4.78, 5) is 42.2. The Bertz CT molecular complexity index is 1200. The fourth-order valence-electron chi connectivity index (χ4n) is 4.01. The molecular formula is C21H20ClN5O3. The third-order valence-electron chi connectivity index (χ3n) is 5.48. The van der Waals surface area contributed by atoms with Crippen molar-refractivity contribution in [3.8, 4) is 11.3 Å². The first-order chi connectivity index (χ1) is 14.0. The summed E-state index contributed by atoms with van der Waals surface area (Å²) < 4.78 is 0. The Morgan fingerprint density at radius 1 is 0.967 bits per heavy atom. The van der Waals surface area contributed by atoms with Crippen molar-refractivity contribution in [2.24, 2.45) is 0 Å². The van der Waals surface area contributed by atoms with Gasteiger partial charge in [-0.3, -0.25) is 19.7 Å². The van der Waals surface area contributed by atoms with Crippen LogP contribution < -0.4 is 16.4 Å². The lowest BCUT2D eigenvalue weighted by molar-refractivity contribution is 0.0735. The molecular weight excluding hydrogens is 406 g/mol. The van der Waals surface area contributed by atoms with Gasteiger partial charge in [0.1, 0.15) is 0 Å². The molecule has 30 heavy (non-hydrogen) atoms. The molecule has 3 amide bonds. The average Bonchev–Trinajstić information content (AvgIpc) is 3.29. The summed E-state index contributed by atoms with van der Waals surface area (Å²) in [6.45, 7) is 2.97. The van der Waals surface area contributed by atoms with Gasteiger partial charge in [-0.2, -0.15) is 0 Å². The van der Waals surface area contributed by atoms with Crippen molar-refractivity contribution in [2.75, 3.05) is 31.9 Å². The third kappa shape index (κ3) is 3.10. The Kier molecular flexibility index (Phi) is 4.97. The number of hydrogen-bond donors (Lipinski definition) is 4. The molecule has 5 rings (SSSR count). The zero-order valence-corrected chi connectivity index (χ0v) is 16.8. The van der Waals surface area contributed by atoms with Crippen LogP contribution >= 0.6 is 12.4 Å². The number of nitrogens with two attached hydrogens (primary N) is 1. The molecule has 0 aliphatic carbocycles. The van der Waals surface area contributed by atoms with Crippen molar-refractivity contribution in [1.82, 2.24) is 20.5 Å². The lowest BCUT2D eigenvalue weighted by atomic mass is 9.98. The van der Waals surface area contributed by atoms with Gasteiger partial charge in [0.05, 0.1) is 11.1 Å². The second-order valence-corrected chi connectivity index (χ2v) is 7.26. The van der Waals surface area contributed by atoms with Crippen LogP contribution in [0.4, 0.5) is 5.69 Å². The van der Waals surface area contributed by atoms with Crippen molar-refractivity contribution >= 4 is 46.7 Å². The van der Waals surface area contributed by atoms with E-state index in [4.69, 9.17) is 5.73 Å². The zero-order valence-electron chi connectivity index (χ0n) is 16.0. The van der Waals surface area contributed by atoms with Crippen LogP contribution in [0.1, 0.15) is 31.1 Å². The highest BCUT2D eigenvalue weighted by molar-refractivity contribution is 6.26. The minimum absolute atomic E-state index is 0. The van der Waals surface area contributed by atoms with Crippen LogP contribution in [0.25, 0.3) is 22.2 Å². The van der Waals surface area contributed by atoms with E-state index in [1.807, 2.05) is 23.1 Å². The molecule has 5 N–H and O–H groups in total. The van der Waals surface area contributed by atoms with Gasteiger partial charge in [-0.05, 0) is 36.4 Å². The molecule has 2 aliphatic heterocycles. The van der Waals surface area contributed by atoms with E-state index < -0.39 is 11.8 Å². The highest BCUT2D eigenvalue weighted by Crippen LogP contribution is 2.34. The van der Waals surface area contributed by atoms with Gasteiger partial charge in [0, 0.05) is 59.6 Å². The third-order valence-corrected chi connectivity index (χ3v) is 5.48. The monoisotopic (exact) mass is 425 g/mol. The molecule has 0 bridgehead atoms. The molecule has 8 nitrogen and oxygen atoms in total. The number of aromatic nitrogens is 1. The first-order valence-corrected chi connectivity index (χ1v) is 9.44. The maximum Gasteiger partial charge on any atom is 0.261 e. The van der Waals surface area contributed by atoms with Crippen LogP contribution in [-0.4, -0.2) is 53.8 Å². The van der Waals surface area contributed by atoms with E-state index in [0.717, 1.165) is 24.0 Å². The smallest absolute Gasteiger partial charge is 0.261 e. The molecule has 0 unspecified atom stereocenters. The van der Waals surface area contributed by atoms with Gasteiger partial charge in [0.2, 0.25) is 0 Å². The van der Waals surface area contributed by atoms with Crippen LogP contribution in [0, 0.1) is 0 Å². The number of nitrogens with zero attached hydrogens (tertiary/aromatic N) is 1. The van der Waals surface area contributed by atoms with Crippen molar-refractivity contribution in [3.05, 3.63) is 53.1 Å². The highest BCUT2D eigenvalue weighted by Gasteiger charge is 2.32. The topological polar surface area (TPSA) is 120 Å². The average molecular weight is 426 g/mol. The molecule has 3 heterocycles. The number of hydrogen-bond acceptors (Lipinski definition) is 5. The number of benzene rings is 2. The minimum Gasteiger partial charge on any atom is -0.398 e. The second kappa shape index (κ2) is 7.47. The number of nitrogen functional groups attached to an aromatic ring is 1. The number of nitrogens with one attached hydrogen (secondary N) is 3. The summed E-state index contributed by atoms with van der Waals surface area (Å²) in [5.74, 6) is -0.931. The molecule has 0 saturated carbocycles. The summed E-state index contributed by atoms with van der Waals surface area (Å²) in [7, 11) is 0.